The number of hydrogen-bond acceptors (Lipinski definition) is 6. The Hall–Kier alpha value is -3.13. The van der Waals surface area contributed by atoms with Crippen LogP contribution in [-0.4, -0.2) is 32.2 Å². The van der Waals surface area contributed by atoms with Gasteiger partial charge in [-0.3, -0.25) is 4.79 Å². The van der Waals surface area contributed by atoms with Gasteiger partial charge in [-0.2, -0.15) is 0 Å². The lowest BCUT2D eigenvalue weighted by Crippen LogP contribution is -2.14. The molecule has 0 radical (unpaired) electrons. The van der Waals surface area contributed by atoms with Gasteiger partial charge < -0.3 is 19.5 Å². The van der Waals surface area contributed by atoms with Gasteiger partial charge >= 0.3 is 0 Å². The van der Waals surface area contributed by atoms with Crippen molar-refractivity contribution in [2.75, 3.05) is 26.6 Å². The molecule has 3 aromatic rings. The molecule has 0 fully saturated rings. The number of carbonyl (C=O) groups excluding carboxylic acids is 1. The van der Waals surface area contributed by atoms with Crippen LogP contribution in [0.4, 0.5) is 9.52 Å². The van der Waals surface area contributed by atoms with Crippen molar-refractivity contribution in [1.29, 1.82) is 0 Å². The molecule has 0 aliphatic heterocycles. The normalized spacial score (nSPS) is 10.4. The van der Waals surface area contributed by atoms with Crippen molar-refractivity contribution in [1.82, 2.24) is 4.98 Å². The molecule has 0 bridgehead atoms. The molecule has 0 saturated carbocycles. The van der Waals surface area contributed by atoms with E-state index >= 15 is 0 Å². The molecule has 1 aromatic heterocycles. The van der Waals surface area contributed by atoms with Gasteiger partial charge in [0.05, 0.1) is 33.4 Å². The van der Waals surface area contributed by atoms with Gasteiger partial charge in [0.1, 0.15) is 11.5 Å². The minimum atomic E-state index is -0.505. The maximum atomic E-state index is 13.8. The predicted molar refractivity (Wildman–Crippen MR) is 106 cm³/mol. The van der Waals surface area contributed by atoms with Crippen molar-refractivity contribution in [2.45, 2.75) is 6.42 Å². The molecule has 0 atom stereocenters. The van der Waals surface area contributed by atoms with Gasteiger partial charge in [-0.15, -0.1) is 11.3 Å². The fourth-order valence-corrected chi connectivity index (χ4v) is 3.36. The largest absolute Gasteiger partial charge is 0.497 e. The Bertz CT molecular complexity index is 990. The number of amides is 1. The van der Waals surface area contributed by atoms with E-state index in [1.54, 1.807) is 32.4 Å². The van der Waals surface area contributed by atoms with E-state index < -0.39 is 5.82 Å². The third-order valence-electron chi connectivity index (χ3n) is 4.01. The molecule has 8 heteroatoms. The molecule has 0 aliphatic carbocycles. The second-order valence-electron chi connectivity index (χ2n) is 5.80. The Kier molecular flexibility index (Phi) is 6.10. The summed E-state index contributed by atoms with van der Waals surface area (Å²) < 4.78 is 29.3. The molecule has 0 aliphatic rings. The Balaban J connectivity index is 1.72. The van der Waals surface area contributed by atoms with Gasteiger partial charge in [-0.05, 0) is 35.9 Å². The van der Waals surface area contributed by atoms with Gasteiger partial charge in [0.2, 0.25) is 5.91 Å². The summed E-state index contributed by atoms with van der Waals surface area (Å²) in [6.45, 7) is 0. The lowest BCUT2D eigenvalue weighted by Gasteiger charge is -2.08. The number of thiazole rings is 1. The fraction of sp³-hybridized carbons (Fsp3) is 0.200. The molecule has 1 heterocycles. The van der Waals surface area contributed by atoms with Crippen LogP contribution in [0.15, 0.2) is 41.8 Å². The van der Waals surface area contributed by atoms with E-state index in [-0.39, 0.29) is 18.1 Å². The quantitative estimate of drug-likeness (QED) is 0.643. The molecule has 146 valence electrons. The number of rotatable bonds is 7. The molecule has 3 rings (SSSR count). The zero-order valence-electron chi connectivity index (χ0n) is 15.6. The average molecular weight is 402 g/mol. The van der Waals surface area contributed by atoms with E-state index in [1.165, 1.54) is 30.6 Å². The molecular formula is C20H19FN2O4S. The van der Waals surface area contributed by atoms with E-state index in [4.69, 9.17) is 14.2 Å². The smallest absolute Gasteiger partial charge is 0.230 e. The summed E-state index contributed by atoms with van der Waals surface area (Å²) >= 11 is 1.29. The maximum absolute atomic E-state index is 13.8. The Morgan fingerprint density at radius 2 is 1.82 bits per heavy atom. The van der Waals surface area contributed by atoms with Crippen molar-refractivity contribution < 1.29 is 23.4 Å². The fourth-order valence-electron chi connectivity index (χ4n) is 2.64. The first-order valence-corrected chi connectivity index (χ1v) is 9.22. The molecule has 0 unspecified atom stereocenters. The van der Waals surface area contributed by atoms with Gasteiger partial charge in [0, 0.05) is 10.9 Å². The van der Waals surface area contributed by atoms with Gasteiger partial charge in [-0.1, -0.05) is 6.07 Å². The summed E-state index contributed by atoms with van der Waals surface area (Å²) in [6.07, 6.45) is 0.0261. The van der Waals surface area contributed by atoms with Crippen LogP contribution in [0.1, 0.15) is 5.56 Å². The third-order valence-corrected chi connectivity index (χ3v) is 4.77. The number of nitrogens with zero attached hydrogens (tertiary/aromatic N) is 1. The monoisotopic (exact) mass is 402 g/mol. The number of halogens is 1. The van der Waals surface area contributed by atoms with Crippen molar-refractivity contribution >= 4 is 22.4 Å². The number of nitrogens with one attached hydrogen (secondary N) is 1. The van der Waals surface area contributed by atoms with Crippen molar-refractivity contribution in [3.63, 3.8) is 0 Å². The molecular weight excluding hydrogens is 383 g/mol. The Morgan fingerprint density at radius 1 is 1.07 bits per heavy atom. The first-order chi connectivity index (χ1) is 13.5. The highest BCUT2D eigenvalue weighted by atomic mass is 32.1. The number of benzene rings is 2. The maximum Gasteiger partial charge on any atom is 0.230 e. The van der Waals surface area contributed by atoms with Gasteiger partial charge in [0.15, 0.2) is 16.7 Å². The summed E-state index contributed by atoms with van der Waals surface area (Å²) in [5, 5.41) is 5.00. The van der Waals surface area contributed by atoms with Crippen LogP contribution < -0.4 is 19.5 Å². The zero-order valence-corrected chi connectivity index (χ0v) is 16.4. The van der Waals surface area contributed by atoms with Crippen LogP contribution in [0.25, 0.3) is 11.3 Å². The van der Waals surface area contributed by atoms with Gasteiger partial charge in [0.25, 0.3) is 0 Å². The first kappa shape index (κ1) is 19.6. The van der Waals surface area contributed by atoms with E-state index in [2.05, 4.69) is 10.3 Å². The molecule has 1 amide bonds. The van der Waals surface area contributed by atoms with Crippen molar-refractivity contribution in [2.24, 2.45) is 0 Å². The molecule has 0 spiro atoms. The van der Waals surface area contributed by atoms with Crippen LogP contribution in [-0.2, 0) is 11.2 Å². The number of ether oxygens (including phenoxy) is 3. The van der Waals surface area contributed by atoms with Crippen LogP contribution in [0.3, 0.4) is 0 Å². The average Bonchev–Trinajstić information content (AvgIpc) is 3.15. The van der Waals surface area contributed by atoms with Crippen LogP contribution in [0.5, 0.6) is 17.2 Å². The van der Waals surface area contributed by atoms with E-state index in [1.807, 2.05) is 11.4 Å². The molecule has 0 saturated heterocycles. The van der Waals surface area contributed by atoms with E-state index in [0.717, 1.165) is 5.56 Å². The summed E-state index contributed by atoms with van der Waals surface area (Å²) in [6, 6.07) is 9.84. The summed E-state index contributed by atoms with van der Waals surface area (Å²) in [4.78, 5) is 16.7. The lowest BCUT2D eigenvalue weighted by molar-refractivity contribution is -0.115. The van der Waals surface area contributed by atoms with Gasteiger partial charge in [-0.25, -0.2) is 9.37 Å². The van der Waals surface area contributed by atoms with Crippen molar-refractivity contribution in [3.05, 3.63) is 53.2 Å². The summed E-state index contributed by atoms with van der Waals surface area (Å²) in [7, 11) is 4.55. The zero-order chi connectivity index (χ0) is 20.1. The minimum absolute atomic E-state index is 0.0261. The topological polar surface area (TPSA) is 69.7 Å². The molecule has 6 nitrogen and oxygen atoms in total. The highest BCUT2D eigenvalue weighted by molar-refractivity contribution is 7.14. The van der Waals surface area contributed by atoms with E-state index in [9.17, 15) is 9.18 Å². The SMILES string of the molecule is COc1ccc(OC)c(-c2csc(NC(=O)Cc3ccc(OC)c(F)c3)n2)c1. The van der Waals surface area contributed by atoms with Crippen LogP contribution in [0, 0.1) is 5.82 Å². The predicted octanol–water partition coefficient (Wildman–Crippen LogP) is 4.16. The Morgan fingerprint density at radius 3 is 2.50 bits per heavy atom. The highest BCUT2D eigenvalue weighted by Gasteiger charge is 2.14. The summed E-state index contributed by atoms with van der Waals surface area (Å²) in [5.41, 5.74) is 1.96. The van der Waals surface area contributed by atoms with Crippen molar-refractivity contribution in [3.8, 4) is 28.5 Å². The number of aromatic nitrogens is 1. The first-order valence-electron chi connectivity index (χ1n) is 8.34. The van der Waals surface area contributed by atoms with E-state index in [0.29, 0.717) is 27.9 Å². The molecule has 2 aromatic carbocycles. The number of methoxy groups -OCH3 is 3. The highest BCUT2D eigenvalue weighted by Crippen LogP contribution is 2.35. The second-order valence-corrected chi connectivity index (χ2v) is 6.66. The molecule has 28 heavy (non-hydrogen) atoms. The minimum Gasteiger partial charge on any atom is -0.497 e. The summed E-state index contributed by atoms with van der Waals surface area (Å²) in [5.74, 6) is 0.673. The second kappa shape index (κ2) is 8.71. The third kappa shape index (κ3) is 4.40. The lowest BCUT2D eigenvalue weighted by atomic mass is 10.1. The number of hydrogen-bond donors (Lipinski definition) is 1. The van der Waals surface area contributed by atoms with Crippen LogP contribution in [0.2, 0.25) is 0 Å². The van der Waals surface area contributed by atoms with Crippen LogP contribution >= 0.6 is 11.3 Å². The molecule has 1 N–H and O–H groups in total. The number of anilines is 1. The Labute approximate surface area is 165 Å². The number of carbonyl (C=O) groups is 1. The standard InChI is InChI=1S/C20H19FN2O4S/c1-25-13-5-7-17(26-2)14(10-13)16-11-28-20(22-16)23-19(24)9-12-4-6-18(27-3)15(21)8-12/h4-8,10-11H,9H2,1-3H3,(H,22,23,24).